The Hall–Kier alpha value is -2.61. The first-order valence-corrected chi connectivity index (χ1v) is 11.4. The van der Waals surface area contributed by atoms with Gasteiger partial charge in [0, 0.05) is 22.7 Å². The average molecular weight is 471 g/mol. The molecule has 1 aromatic heterocycles. The number of halogens is 1. The van der Waals surface area contributed by atoms with Crippen molar-refractivity contribution in [1.29, 1.82) is 0 Å². The Balaban J connectivity index is 1.70. The normalized spacial score (nSPS) is 22.0. The zero-order valence-electron chi connectivity index (χ0n) is 16.9. The van der Waals surface area contributed by atoms with Crippen LogP contribution in [0.5, 0.6) is 11.5 Å². The van der Waals surface area contributed by atoms with Crippen molar-refractivity contribution < 1.29 is 14.3 Å². The molecule has 0 N–H and O–H groups in total. The lowest BCUT2D eigenvalue weighted by molar-refractivity contribution is 0.0164. The first kappa shape index (κ1) is 20.3. The molecule has 158 valence electrons. The molecule has 2 aliphatic heterocycles. The molecular weight excluding hydrogens is 452 g/mol. The zero-order valence-corrected chi connectivity index (χ0v) is 19.3. The second-order valence-corrected chi connectivity index (χ2v) is 9.37. The number of anilines is 1. The number of methoxy groups -OCH3 is 1. The van der Waals surface area contributed by atoms with Gasteiger partial charge in [0.15, 0.2) is 22.3 Å². The van der Waals surface area contributed by atoms with E-state index in [9.17, 15) is 4.79 Å². The smallest absolute Gasteiger partial charge is 0.270 e. The minimum Gasteiger partial charge on any atom is -0.493 e. The van der Waals surface area contributed by atoms with Gasteiger partial charge >= 0.3 is 0 Å². The number of benzene rings is 2. The molecule has 2 aliphatic rings. The van der Waals surface area contributed by atoms with Crippen LogP contribution in [0.2, 0.25) is 5.02 Å². The molecule has 2 unspecified atom stereocenters. The highest BCUT2D eigenvalue weighted by atomic mass is 35.5. The number of thiocarbonyl (C=S) groups is 1. The Kier molecular flexibility index (Phi) is 4.92. The van der Waals surface area contributed by atoms with E-state index in [1.54, 1.807) is 24.1 Å². The molecule has 3 aromatic rings. The number of rotatable bonds is 3. The van der Waals surface area contributed by atoms with E-state index in [0.717, 1.165) is 11.3 Å². The fraction of sp³-hybridized carbons (Fsp3) is 0.217. The predicted molar refractivity (Wildman–Crippen MR) is 126 cm³/mol. The molecule has 0 spiro atoms. The number of hydrogen-bond donors (Lipinski definition) is 0. The van der Waals surface area contributed by atoms with E-state index >= 15 is 0 Å². The van der Waals surface area contributed by atoms with Gasteiger partial charge in [0.2, 0.25) is 0 Å². The number of thiophene rings is 1. The second-order valence-electron chi connectivity index (χ2n) is 7.62. The second kappa shape index (κ2) is 7.51. The van der Waals surface area contributed by atoms with Crippen molar-refractivity contribution in [3.05, 3.63) is 75.4 Å². The highest BCUT2D eigenvalue weighted by molar-refractivity contribution is 7.80. The van der Waals surface area contributed by atoms with Gasteiger partial charge in [-0.15, -0.1) is 11.3 Å². The van der Waals surface area contributed by atoms with E-state index in [4.69, 9.17) is 33.3 Å². The summed E-state index contributed by atoms with van der Waals surface area (Å²) >= 11 is 13.4. The minimum absolute atomic E-state index is 0.123. The predicted octanol–water partition coefficient (Wildman–Crippen LogP) is 5.90. The van der Waals surface area contributed by atoms with Crippen LogP contribution in [-0.4, -0.2) is 28.8 Å². The molecule has 3 heterocycles. The molecule has 0 radical (unpaired) electrons. The largest absolute Gasteiger partial charge is 0.493 e. The summed E-state index contributed by atoms with van der Waals surface area (Å²) in [5, 5.41) is 2.91. The summed E-state index contributed by atoms with van der Waals surface area (Å²) in [6.45, 7) is 1.99. The highest BCUT2D eigenvalue weighted by Gasteiger charge is 2.54. The Bertz CT molecular complexity index is 1170. The molecule has 1 amide bonds. The van der Waals surface area contributed by atoms with E-state index in [1.807, 2.05) is 59.7 Å². The Morgan fingerprint density at radius 3 is 2.68 bits per heavy atom. The SMILES string of the molecule is COc1cccc2c1OC1(C)CC2N(C(=O)c2cccs2)C(=S)N1c1ccc(Cl)cc1. The van der Waals surface area contributed by atoms with Crippen molar-refractivity contribution in [2.24, 2.45) is 0 Å². The lowest BCUT2D eigenvalue weighted by Gasteiger charge is -2.55. The third-order valence-electron chi connectivity index (χ3n) is 5.70. The number of fused-ring (bicyclic) bond motifs is 4. The number of hydrogen-bond acceptors (Lipinski definition) is 5. The first-order valence-electron chi connectivity index (χ1n) is 9.76. The van der Waals surface area contributed by atoms with Gasteiger partial charge in [-0.1, -0.05) is 29.8 Å². The molecule has 2 aromatic carbocycles. The highest BCUT2D eigenvalue weighted by Crippen LogP contribution is 2.52. The molecule has 2 bridgehead atoms. The van der Waals surface area contributed by atoms with Crippen LogP contribution in [0.1, 0.15) is 34.6 Å². The maximum Gasteiger partial charge on any atom is 0.270 e. The molecular formula is C23H19ClN2O3S2. The summed E-state index contributed by atoms with van der Waals surface area (Å²) in [6, 6.07) is 16.5. The monoisotopic (exact) mass is 470 g/mol. The van der Waals surface area contributed by atoms with Crippen LogP contribution < -0.4 is 14.4 Å². The van der Waals surface area contributed by atoms with E-state index in [1.165, 1.54) is 11.3 Å². The van der Waals surface area contributed by atoms with Gasteiger partial charge in [-0.05, 0) is 60.9 Å². The fourth-order valence-electron chi connectivity index (χ4n) is 4.33. The zero-order chi connectivity index (χ0) is 21.8. The van der Waals surface area contributed by atoms with Crippen LogP contribution in [0.3, 0.4) is 0 Å². The quantitative estimate of drug-likeness (QED) is 0.446. The van der Waals surface area contributed by atoms with E-state index in [2.05, 4.69) is 0 Å². The number of ether oxygens (including phenoxy) is 2. The molecule has 1 fully saturated rings. The summed E-state index contributed by atoms with van der Waals surface area (Å²) in [7, 11) is 1.61. The number of para-hydroxylation sites is 1. The number of carbonyl (C=O) groups excluding carboxylic acids is 1. The van der Waals surface area contributed by atoms with Crippen LogP contribution in [0.4, 0.5) is 5.69 Å². The van der Waals surface area contributed by atoms with Crippen LogP contribution in [0.15, 0.2) is 60.0 Å². The standard InChI is InChI=1S/C23H19ClN2O3S2/c1-23-13-17(16-5-3-6-18(28-2)20(16)29-23)25(21(27)19-7-4-12-31-19)22(30)26(23)15-10-8-14(24)9-11-15/h3-12,17H,13H2,1-2H3. The topological polar surface area (TPSA) is 42.0 Å². The Labute approximate surface area is 194 Å². The summed E-state index contributed by atoms with van der Waals surface area (Å²) in [4.78, 5) is 17.8. The molecule has 5 rings (SSSR count). The third kappa shape index (κ3) is 3.19. The molecule has 31 heavy (non-hydrogen) atoms. The first-order chi connectivity index (χ1) is 14.9. The summed E-state index contributed by atoms with van der Waals surface area (Å²) in [6.07, 6.45) is 0.549. The maximum absolute atomic E-state index is 13.6. The van der Waals surface area contributed by atoms with Gasteiger partial charge in [-0.25, -0.2) is 0 Å². The molecule has 5 nitrogen and oxygen atoms in total. The van der Waals surface area contributed by atoms with Gasteiger partial charge < -0.3 is 9.47 Å². The average Bonchev–Trinajstić information content (AvgIpc) is 3.29. The molecule has 0 saturated carbocycles. The van der Waals surface area contributed by atoms with Crippen molar-refractivity contribution in [3.63, 3.8) is 0 Å². The van der Waals surface area contributed by atoms with Crippen LogP contribution in [0.25, 0.3) is 0 Å². The van der Waals surface area contributed by atoms with Crippen molar-refractivity contribution in [2.75, 3.05) is 12.0 Å². The van der Waals surface area contributed by atoms with Gasteiger partial charge in [0.05, 0.1) is 18.0 Å². The van der Waals surface area contributed by atoms with Crippen molar-refractivity contribution in [2.45, 2.75) is 25.1 Å². The van der Waals surface area contributed by atoms with E-state index in [0.29, 0.717) is 32.9 Å². The van der Waals surface area contributed by atoms with E-state index in [-0.39, 0.29) is 11.9 Å². The number of nitrogens with zero attached hydrogens (tertiary/aromatic N) is 2. The molecule has 8 heteroatoms. The van der Waals surface area contributed by atoms with Gasteiger partial charge in [-0.2, -0.15) is 0 Å². The Morgan fingerprint density at radius 1 is 1.23 bits per heavy atom. The molecule has 1 saturated heterocycles. The number of amides is 1. The minimum atomic E-state index is -0.802. The number of carbonyl (C=O) groups is 1. The Morgan fingerprint density at radius 2 is 2.00 bits per heavy atom. The summed E-state index contributed by atoms with van der Waals surface area (Å²) < 4.78 is 12.1. The maximum atomic E-state index is 13.6. The summed E-state index contributed by atoms with van der Waals surface area (Å²) in [5.41, 5.74) is 0.890. The van der Waals surface area contributed by atoms with Crippen LogP contribution in [0, 0.1) is 0 Å². The van der Waals surface area contributed by atoms with Gasteiger partial charge in [0.25, 0.3) is 5.91 Å². The third-order valence-corrected chi connectivity index (χ3v) is 7.19. The lowest BCUT2D eigenvalue weighted by Crippen LogP contribution is -2.67. The summed E-state index contributed by atoms with van der Waals surface area (Å²) in [5.74, 6) is 1.14. The molecule has 2 atom stereocenters. The molecule has 0 aliphatic carbocycles. The fourth-order valence-corrected chi connectivity index (χ4v) is 5.62. The van der Waals surface area contributed by atoms with Crippen molar-refractivity contribution in [1.82, 2.24) is 4.90 Å². The van der Waals surface area contributed by atoms with Gasteiger partial charge in [-0.3, -0.25) is 14.6 Å². The lowest BCUT2D eigenvalue weighted by atomic mass is 9.88. The van der Waals surface area contributed by atoms with Crippen LogP contribution in [-0.2, 0) is 0 Å². The van der Waals surface area contributed by atoms with E-state index < -0.39 is 5.72 Å². The van der Waals surface area contributed by atoms with Gasteiger partial charge in [0.1, 0.15) is 0 Å². The van der Waals surface area contributed by atoms with Crippen molar-refractivity contribution in [3.8, 4) is 11.5 Å². The van der Waals surface area contributed by atoms with Crippen molar-refractivity contribution >= 4 is 51.9 Å². The van der Waals surface area contributed by atoms with Crippen LogP contribution >= 0.6 is 35.2 Å².